The number of cyclic esters (lactones) is 1. The Bertz CT molecular complexity index is 1190. The second-order valence-corrected chi connectivity index (χ2v) is 14.1. The van der Waals surface area contributed by atoms with Gasteiger partial charge in [0, 0.05) is 41.3 Å². The molecule has 7 rings (SSSR count). The molecule has 1 N–H and O–H groups in total. The number of ether oxygens (including phenoxy) is 3. The summed E-state index contributed by atoms with van der Waals surface area (Å²) in [7, 11) is 1.60. The molecule has 0 aromatic rings. The number of carbonyl (C=O) groups is 1. The summed E-state index contributed by atoms with van der Waals surface area (Å²) in [6.07, 6.45) is 20.8. The van der Waals surface area contributed by atoms with Crippen molar-refractivity contribution in [2.24, 2.45) is 29.1 Å². The molecular weight excluding hydrogens is 502 g/mol. The molecule has 5 aliphatic heterocycles. The lowest BCUT2D eigenvalue weighted by Crippen LogP contribution is -2.70. The molecule has 7 aliphatic rings. The van der Waals surface area contributed by atoms with Crippen molar-refractivity contribution in [1.29, 1.82) is 0 Å². The third kappa shape index (κ3) is 3.84. The van der Waals surface area contributed by atoms with Gasteiger partial charge in [-0.1, -0.05) is 51.7 Å². The molecule has 0 radical (unpaired) electrons. The monoisotopic (exact) mass is 549 g/mol. The predicted octanol–water partition coefficient (Wildman–Crippen LogP) is 6.52. The van der Waals surface area contributed by atoms with Gasteiger partial charge in [-0.2, -0.15) is 0 Å². The van der Waals surface area contributed by atoms with E-state index in [4.69, 9.17) is 14.2 Å². The van der Waals surface area contributed by atoms with Crippen LogP contribution in [-0.2, 0) is 19.0 Å². The predicted molar refractivity (Wildman–Crippen MR) is 152 cm³/mol. The van der Waals surface area contributed by atoms with Crippen LogP contribution in [0, 0.1) is 29.1 Å². The standard InChI is InChI=1S/C34H47NO5/c1-20-10-8-11-23(18-20)34(37)17-14-26-33(15-6-5-7-16-33)19-25-28(24-12-9-13-27(34)35(24)26)21(2)30(39-25)31-29(38-4)22(3)32(36)40-31/h8,11,19-21,23-24,26-28,37H,5-7,9-10,12-18H2,1-4H3/b31-30+/t20-,21+,23+,24+,26-,27+,28-,34+/m1/s1. The van der Waals surface area contributed by atoms with Crippen molar-refractivity contribution in [1.82, 2.24) is 4.90 Å². The van der Waals surface area contributed by atoms with Crippen LogP contribution in [0.1, 0.15) is 97.8 Å². The minimum absolute atomic E-state index is 0.0536. The van der Waals surface area contributed by atoms with E-state index in [2.05, 4.69) is 37.0 Å². The van der Waals surface area contributed by atoms with Crippen LogP contribution in [0.4, 0.5) is 0 Å². The summed E-state index contributed by atoms with van der Waals surface area (Å²) in [5, 5.41) is 12.7. The smallest absolute Gasteiger partial charge is 0.343 e. The van der Waals surface area contributed by atoms with Gasteiger partial charge in [-0.05, 0) is 70.3 Å². The normalized spacial score (nSPS) is 44.5. The summed E-state index contributed by atoms with van der Waals surface area (Å²) in [5.41, 5.74) is -0.122. The number of esters is 1. The summed E-state index contributed by atoms with van der Waals surface area (Å²) in [4.78, 5) is 15.4. The molecule has 4 fully saturated rings. The zero-order chi connectivity index (χ0) is 27.8. The number of nitrogens with zero attached hydrogens (tertiary/aromatic N) is 1. The van der Waals surface area contributed by atoms with E-state index in [1.165, 1.54) is 32.1 Å². The van der Waals surface area contributed by atoms with Crippen molar-refractivity contribution in [3.63, 3.8) is 0 Å². The SMILES string of the molecule is COC1=C(C)C(=O)O/C1=C1/OC2=CC3(CCCCC3)[C@H]3CC[C@](O)([C@H]4C=CC[C@@H](C)C4)[C@@H]4CCC[C@@H]([C@H]2[C@@H]1C)N43. The van der Waals surface area contributed by atoms with Crippen LogP contribution in [0.25, 0.3) is 0 Å². The fourth-order valence-electron chi connectivity index (χ4n) is 10.1. The van der Waals surface area contributed by atoms with Gasteiger partial charge in [-0.25, -0.2) is 4.79 Å². The minimum atomic E-state index is -0.686. The first-order valence-electron chi connectivity index (χ1n) is 16.1. The number of rotatable bonds is 2. The molecule has 3 saturated heterocycles. The summed E-state index contributed by atoms with van der Waals surface area (Å²) in [6.45, 7) is 6.33. The highest BCUT2D eigenvalue weighted by molar-refractivity contribution is 5.93. The quantitative estimate of drug-likeness (QED) is 0.312. The first-order valence-corrected chi connectivity index (χ1v) is 16.1. The van der Waals surface area contributed by atoms with Gasteiger partial charge in [0.2, 0.25) is 5.76 Å². The first-order chi connectivity index (χ1) is 19.3. The Labute approximate surface area is 239 Å². The largest absolute Gasteiger partial charge is 0.492 e. The van der Waals surface area contributed by atoms with Crippen LogP contribution in [0.3, 0.4) is 0 Å². The molecule has 0 aromatic heterocycles. The second-order valence-electron chi connectivity index (χ2n) is 14.1. The average Bonchev–Trinajstić information content (AvgIpc) is 3.39. The maximum Gasteiger partial charge on any atom is 0.343 e. The number of hydrogen-bond acceptors (Lipinski definition) is 6. The topological polar surface area (TPSA) is 68.2 Å². The Balaban J connectivity index is 1.34. The third-order valence-electron chi connectivity index (χ3n) is 12.0. The Morgan fingerprint density at radius 3 is 2.58 bits per heavy atom. The van der Waals surface area contributed by atoms with E-state index >= 15 is 0 Å². The van der Waals surface area contributed by atoms with Gasteiger partial charge in [0.1, 0.15) is 5.76 Å². The van der Waals surface area contributed by atoms with Gasteiger partial charge in [-0.3, -0.25) is 4.90 Å². The summed E-state index contributed by atoms with van der Waals surface area (Å²) < 4.78 is 18.2. The number of piperidine rings is 2. The maximum absolute atomic E-state index is 12.7. The van der Waals surface area contributed by atoms with Crippen molar-refractivity contribution < 1.29 is 24.1 Å². The van der Waals surface area contributed by atoms with Gasteiger partial charge >= 0.3 is 5.97 Å². The third-order valence-corrected chi connectivity index (χ3v) is 12.0. The van der Waals surface area contributed by atoms with Gasteiger partial charge in [0.15, 0.2) is 11.5 Å². The Kier molecular flexibility index (Phi) is 6.54. The highest BCUT2D eigenvalue weighted by Crippen LogP contribution is 2.60. The van der Waals surface area contributed by atoms with Crippen molar-refractivity contribution in [3.05, 3.63) is 46.8 Å². The van der Waals surface area contributed by atoms with Crippen molar-refractivity contribution >= 4 is 5.97 Å². The van der Waals surface area contributed by atoms with Crippen molar-refractivity contribution in [2.45, 2.75) is 122 Å². The molecule has 0 amide bonds. The molecule has 1 spiro atoms. The molecule has 2 aliphatic carbocycles. The molecular formula is C34H47NO5. The van der Waals surface area contributed by atoms with Gasteiger partial charge in [0.05, 0.1) is 18.3 Å². The summed E-state index contributed by atoms with van der Waals surface area (Å²) >= 11 is 0. The molecule has 218 valence electrons. The lowest BCUT2D eigenvalue weighted by atomic mass is 9.60. The highest BCUT2D eigenvalue weighted by atomic mass is 16.6. The molecule has 0 bridgehead atoms. The average molecular weight is 550 g/mol. The van der Waals surface area contributed by atoms with Crippen LogP contribution in [0.5, 0.6) is 0 Å². The van der Waals surface area contributed by atoms with Crippen LogP contribution in [0.15, 0.2) is 46.8 Å². The lowest BCUT2D eigenvalue weighted by Gasteiger charge is -2.62. The van der Waals surface area contributed by atoms with E-state index in [0.29, 0.717) is 35.1 Å². The first kappa shape index (κ1) is 26.8. The number of fused-ring (bicyclic) bond motifs is 3. The van der Waals surface area contributed by atoms with E-state index < -0.39 is 5.60 Å². The molecule has 6 nitrogen and oxygen atoms in total. The van der Waals surface area contributed by atoms with E-state index in [1.54, 1.807) is 14.0 Å². The fourth-order valence-corrected chi connectivity index (χ4v) is 10.1. The Morgan fingerprint density at radius 1 is 1.02 bits per heavy atom. The zero-order valence-corrected chi connectivity index (χ0v) is 24.8. The zero-order valence-electron chi connectivity index (χ0n) is 24.8. The van der Waals surface area contributed by atoms with Crippen molar-refractivity contribution in [3.8, 4) is 0 Å². The van der Waals surface area contributed by atoms with Gasteiger partial charge < -0.3 is 19.3 Å². The second kappa shape index (κ2) is 9.76. The molecule has 40 heavy (non-hydrogen) atoms. The highest BCUT2D eigenvalue weighted by Gasteiger charge is 2.62. The summed E-state index contributed by atoms with van der Waals surface area (Å²) in [5.74, 6) is 3.50. The van der Waals surface area contributed by atoms with Crippen LogP contribution in [-0.4, -0.2) is 46.8 Å². The van der Waals surface area contributed by atoms with E-state index in [9.17, 15) is 9.90 Å². The van der Waals surface area contributed by atoms with E-state index in [-0.39, 0.29) is 35.2 Å². The number of hydrogen-bond donors (Lipinski definition) is 1. The minimum Gasteiger partial charge on any atom is -0.492 e. The number of carbonyl (C=O) groups excluding carboxylic acids is 1. The lowest BCUT2D eigenvalue weighted by molar-refractivity contribution is -0.178. The molecule has 0 unspecified atom stereocenters. The van der Waals surface area contributed by atoms with Crippen molar-refractivity contribution in [2.75, 3.05) is 7.11 Å². The number of aliphatic hydroxyl groups is 1. The fraction of sp³-hybridized carbons (Fsp3) is 0.735. The molecule has 1 saturated carbocycles. The maximum atomic E-state index is 12.7. The number of methoxy groups -OCH3 is 1. The van der Waals surface area contributed by atoms with Gasteiger partial charge in [-0.15, -0.1) is 0 Å². The molecule has 8 atom stereocenters. The van der Waals surface area contributed by atoms with E-state index in [0.717, 1.165) is 56.5 Å². The van der Waals surface area contributed by atoms with E-state index in [1.807, 2.05) is 0 Å². The molecule has 5 heterocycles. The summed E-state index contributed by atoms with van der Waals surface area (Å²) in [6, 6.07) is 0.912. The van der Waals surface area contributed by atoms with Gasteiger partial charge in [0.25, 0.3) is 0 Å². The molecule has 0 aromatic carbocycles. The van der Waals surface area contributed by atoms with Crippen LogP contribution < -0.4 is 0 Å². The Hall–Kier alpha value is -2.05. The van der Waals surface area contributed by atoms with Crippen LogP contribution >= 0.6 is 0 Å². The number of allylic oxidation sites excluding steroid dienone is 2. The Morgan fingerprint density at radius 2 is 1.82 bits per heavy atom. The molecule has 6 heteroatoms. The van der Waals surface area contributed by atoms with Crippen LogP contribution in [0.2, 0.25) is 0 Å².